The van der Waals surface area contributed by atoms with E-state index >= 15 is 0 Å². The lowest BCUT2D eigenvalue weighted by Gasteiger charge is -2.39. The number of carboxylic acids is 1. The van der Waals surface area contributed by atoms with E-state index in [1.54, 1.807) is 0 Å². The Morgan fingerprint density at radius 2 is 1.67 bits per heavy atom. The van der Waals surface area contributed by atoms with Crippen LogP contribution in [0.25, 0.3) is 22.3 Å². The molecule has 4 rings (SSSR count). The van der Waals surface area contributed by atoms with Gasteiger partial charge in [0.15, 0.2) is 5.76 Å². The largest absolute Gasteiger partial charge is 0.508 e. The Bertz CT molecular complexity index is 1540. The molecule has 0 amide bonds. The van der Waals surface area contributed by atoms with Crippen LogP contribution in [0, 0.1) is 0 Å². The first-order chi connectivity index (χ1) is 20.2. The van der Waals surface area contributed by atoms with Crippen LogP contribution in [0.5, 0.6) is 23.0 Å². The van der Waals surface area contributed by atoms with Gasteiger partial charge < -0.3 is 59.1 Å². The van der Waals surface area contributed by atoms with E-state index in [1.807, 2.05) is 0 Å². The molecule has 43 heavy (non-hydrogen) atoms. The molecule has 0 unspecified atom stereocenters. The number of carboxylic acid groups (broad SMARTS) is 1. The zero-order valence-electron chi connectivity index (χ0n) is 22.9. The molecule has 2 aromatic carbocycles. The number of carbonyl (C=O) groups is 2. The standard InChI is InChI=1S/C28H30O15/c1-28(38,9-18(31)32)10-19(33)40-11-17-21(34)23(36)24(37)27(42-17)43-26-22(35)20-15(30)7-14(39-2)8-16(20)41-25(26)12-3-5-13(29)6-4-12/h3-8,17,21,23-24,27,29-30,34,36-38H,9-11H2,1-2H3,(H,31,32)/t17-,21+,23+,24-,27+,28+/m1/s1. The van der Waals surface area contributed by atoms with Crippen LogP contribution in [-0.2, 0) is 19.1 Å². The van der Waals surface area contributed by atoms with Gasteiger partial charge >= 0.3 is 11.9 Å². The number of carbonyl (C=O) groups excluding carboxylic acids is 1. The lowest BCUT2D eigenvalue weighted by Crippen LogP contribution is -2.60. The lowest BCUT2D eigenvalue weighted by molar-refractivity contribution is -0.278. The molecule has 0 bridgehead atoms. The molecule has 1 fully saturated rings. The number of aliphatic hydroxyl groups excluding tert-OH is 3. The molecule has 1 aliphatic heterocycles. The summed E-state index contributed by atoms with van der Waals surface area (Å²) in [4.78, 5) is 36.7. The number of methoxy groups -OCH3 is 1. The maximum Gasteiger partial charge on any atom is 0.308 e. The van der Waals surface area contributed by atoms with Gasteiger partial charge in [0, 0.05) is 17.7 Å². The number of ether oxygens (including phenoxy) is 4. The van der Waals surface area contributed by atoms with Crippen molar-refractivity contribution in [1.29, 1.82) is 0 Å². The zero-order valence-corrected chi connectivity index (χ0v) is 22.9. The highest BCUT2D eigenvalue weighted by Gasteiger charge is 2.46. The van der Waals surface area contributed by atoms with Gasteiger partial charge in [-0.1, -0.05) is 0 Å². The van der Waals surface area contributed by atoms with Crippen molar-refractivity contribution in [3.8, 4) is 34.3 Å². The highest BCUT2D eigenvalue weighted by molar-refractivity contribution is 5.88. The third-order valence-corrected chi connectivity index (χ3v) is 6.64. The Hall–Kier alpha value is -4.41. The van der Waals surface area contributed by atoms with E-state index in [0.29, 0.717) is 0 Å². The molecular weight excluding hydrogens is 576 g/mol. The second kappa shape index (κ2) is 12.4. The van der Waals surface area contributed by atoms with Crippen LogP contribution in [-0.4, -0.2) is 97.7 Å². The van der Waals surface area contributed by atoms with E-state index in [0.717, 1.165) is 13.0 Å². The summed E-state index contributed by atoms with van der Waals surface area (Å²) in [6, 6.07) is 7.89. The Kier molecular flexibility index (Phi) is 9.12. The molecule has 0 saturated carbocycles. The van der Waals surface area contributed by atoms with Crippen LogP contribution >= 0.6 is 0 Å². The average Bonchev–Trinajstić information content (AvgIpc) is 2.92. The molecule has 1 aromatic heterocycles. The minimum atomic E-state index is -1.94. The second-order valence-electron chi connectivity index (χ2n) is 10.2. The van der Waals surface area contributed by atoms with Crippen LogP contribution in [0.2, 0.25) is 0 Å². The molecule has 15 nitrogen and oxygen atoms in total. The summed E-state index contributed by atoms with van der Waals surface area (Å²) < 4.78 is 27.3. The third kappa shape index (κ3) is 6.98. The Labute approximate surface area is 242 Å². The first-order valence-corrected chi connectivity index (χ1v) is 12.8. The van der Waals surface area contributed by atoms with Crippen LogP contribution in [0.15, 0.2) is 45.6 Å². The minimum absolute atomic E-state index is 0.0959. The van der Waals surface area contributed by atoms with Crippen LogP contribution in [0.1, 0.15) is 19.8 Å². The van der Waals surface area contributed by atoms with Crippen molar-refractivity contribution in [3.63, 3.8) is 0 Å². The highest BCUT2D eigenvalue weighted by Crippen LogP contribution is 2.37. The monoisotopic (exact) mass is 606 g/mol. The molecule has 15 heteroatoms. The molecule has 7 N–H and O–H groups in total. The van der Waals surface area contributed by atoms with E-state index in [-0.39, 0.29) is 33.8 Å². The summed E-state index contributed by atoms with van der Waals surface area (Å²) in [6.45, 7) is 0.400. The normalized spacial score (nSPS) is 23.3. The number of hydrogen-bond donors (Lipinski definition) is 7. The quantitative estimate of drug-likeness (QED) is 0.153. The van der Waals surface area contributed by atoms with E-state index in [1.165, 1.54) is 37.4 Å². The highest BCUT2D eigenvalue weighted by atomic mass is 16.7. The number of aliphatic carboxylic acids is 1. The van der Waals surface area contributed by atoms with Crippen LogP contribution in [0.3, 0.4) is 0 Å². The predicted molar refractivity (Wildman–Crippen MR) is 144 cm³/mol. The number of fused-ring (bicyclic) bond motifs is 1. The molecule has 3 aromatic rings. The molecule has 1 aliphatic rings. The Morgan fingerprint density at radius 3 is 2.30 bits per heavy atom. The van der Waals surface area contributed by atoms with E-state index < -0.39 is 84.6 Å². The smallest absolute Gasteiger partial charge is 0.308 e. The average molecular weight is 607 g/mol. The summed E-state index contributed by atoms with van der Waals surface area (Å²) in [5.74, 6) is -3.64. The van der Waals surface area contributed by atoms with Crippen LogP contribution < -0.4 is 14.9 Å². The third-order valence-electron chi connectivity index (χ3n) is 6.64. The fraction of sp³-hybridized carbons (Fsp3) is 0.393. The lowest BCUT2D eigenvalue weighted by atomic mass is 9.98. The predicted octanol–water partition coefficient (Wildman–Crippen LogP) is 0.225. The Balaban J connectivity index is 1.66. The molecule has 0 aliphatic carbocycles. The first-order valence-electron chi connectivity index (χ1n) is 12.8. The number of phenolic OH excluding ortho intramolecular Hbond substituents is 2. The summed E-state index contributed by atoms with van der Waals surface area (Å²) in [7, 11) is 1.34. The Morgan fingerprint density at radius 1 is 1.00 bits per heavy atom. The number of rotatable bonds is 10. The second-order valence-corrected chi connectivity index (χ2v) is 10.2. The van der Waals surface area contributed by atoms with Crippen LogP contribution in [0.4, 0.5) is 0 Å². The van der Waals surface area contributed by atoms with Crippen molar-refractivity contribution in [1.82, 2.24) is 0 Å². The van der Waals surface area contributed by atoms with E-state index in [2.05, 4.69) is 0 Å². The van der Waals surface area contributed by atoms with Gasteiger partial charge in [-0.05, 0) is 31.2 Å². The van der Waals surface area contributed by atoms with E-state index in [9.17, 15) is 45.0 Å². The van der Waals surface area contributed by atoms with Gasteiger partial charge in [-0.3, -0.25) is 14.4 Å². The number of esters is 1. The number of benzene rings is 2. The SMILES string of the molecule is COc1cc(O)c2c(=O)c(O[C@@H]3O[C@H](COC(=O)C[C@@](C)(O)CC(=O)O)[C@H](O)[C@H](O)[C@H]3O)c(-c3ccc(O)cc3)oc2c1. The molecule has 2 heterocycles. The number of aromatic hydroxyl groups is 2. The molecule has 0 spiro atoms. The van der Waals surface area contributed by atoms with Crippen molar-refractivity contribution in [3.05, 3.63) is 46.6 Å². The van der Waals surface area contributed by atoms with Gasteiger partial charge in [-0.2, -0.15) is 0 Å². The fourth-order valence-corrected chi connectivity index (χ4v) is 4.48. The van der Waals surface area contributed by atoms with Crippen molar-refractivity contribution in [2.45, 2.75) is 56.1 Å². The van der Waals surface area contributed by atoms with Crippen molar-refractivity contribution >= 4 is 22.9 Å². The number of aliphatic hydroxyl groups is 4. The van der Waals surface area contributed by atoms with Gasteiger partial charge in [0.2, 0.25) is 17.5 Å². The topological polar surface area (TPSA) is 243 Å². The maximum atomic E-state index is 13.6. The minimum Gasteiger partial charge on any atom is -0.508 e. The first kappa shape index (κ1) is 31.5. The molecule has 0 radical (unpaired) electrons. The molecule has 6 atom stereocenters. The molecule has 232 valence electrons. The van der Waals surface area contributed by atoms with Gasteiger partial charge in [-0.15, -0.1) is 0 Å². The summed E-state index contributed by atoms with van der Waals surface area (Å²) in [5.41, 5.74) is -2.72. The van der Waals surface area contributed by atoms with Gasteiger partial charge in [0.05, 0.1) is 25.6 Å². The maximum absolute atomic E-state index is 13.6. The summed E-state index contributed by atoms with van der Waals surface area (Å²) >= 11 is 0. The summed E-state index contributed by atoms with van der Waals surface area (Å²) in [6.07, 6.45) is -10.5. The van der Waals surface area contributed by atoms with E-state index in [4.69, 9.17) is 28.5 Å². The van der Waals surface area contributed by atoms with Gasteiger partial charge in [-0.25, -0.2) is 0 Å². The van der Waals surface area contributed by atoms with Crippen molar-refractivity contribution in [2.75, 3.05) is 13.7 Å². The fourth-order valence-electron chi connectivity index (χ4n) is 4.48. The van der Waals surface area contributed by atoms with Gasteiger partial charge in [0.1, 0.15) is 59.2 Å². The molecular formula is C28H30O15. The van der Waals surface area contributed by atoms with Crippen molar-refractivity contribution in [2.24, 2.45) is 0 Å². The van der Waals surface area contributed by atoms with Crippen molar-refractivity contribution < 1.29 is 68.7 Å². The number of hydrogen-bond acceptors (Lipinski definition) is 14. The summed E-state index contributed by atoms with van der Waals surface area (Å²) in [5, 5.41) is 70.4. The molecule has 1 saturated heterocycles. The van der Waals surface area contributed by atoms with Gasteiger partial charge in [0.25, 0.3) is 0 Å². The zero-order chi connectivity index (χ0) is 31.6. The number of phenols is 2.